The van der Waals surface area contributed by atoms with Crippen molar-refractivity contribution in [3.05, 3.63) is 24.3 Å². The molecule has 0 atom stereocenters. The summed E-state index contributed by atoms with van der Waals surface area (Å²) < 4.78 is 37.3. The molecule has 11 heteroatoms. The number of carbonyl (C=O) groups excluding carboxylic acids is 3. The van der Waals surface area contributed by atoms with Crippen molar-refractivity contribution in [1.29, 1.82) is 0 Å². The SMILES string of the molecule is CCCCCCCC/C=C\CCCCCCCC(=O)OCCN(CCOC(=O)CCCCCCC/C=C\CCCCCCCC)C(=O)C[N+](C)(C)C.CS(=O)(=O)O. The highest BCUT2D eigenvalue weighted by atomic mass is 32.2. The van der Waals surface area contributed by atoms with Gasteiger partial charge >= 0.3 is 11.9 Å². The molecule has 10 nitrogen and oxygen atoms in total. The minimum absolute atomic E-state index is 0.0332. The first kappa shape index (κ1) is 56.9. The lowest BCUT2D eigenvalue weighted by atomic mass is 10.1. The van der Waals surface area contributed by atoms with Gasteiger partial charge in [-0.2, -0.15) is 8.42 Å². The predicted octanol–water partition coefficient (Wildman–Crippen LogP) is 11.2. The number of ether oxygens (including phenoxy) is 2. The molecule has 0 aliphatic heterocycles. The number of esters is 2. The average Bonchev–Trinajstić information content (AvgIpc) is 3.12. The maximum atomic E-state index is 13.0. The predicted molar refractivity (Wildman–Crippen MR) is 238 cm³/mol. The molecule has 1 N–H and O–H groups in total. The van der Waals surface area contributed by atoms with Crippen LogP contribution in [0.5, 0.6) is 0 Å². The largest absolute Gasteiger partial charge is 0.464 e. The first-order valence-corrected chi connectivity index (χ1v) is 24.7. The summed E-state index contributed by atoms with van der Waals surface area (Å²) in [6.07, 6.45) is 42.7. The molecule has 0 radical (unpaired) electrons. The highest BCUT2D eigenvalue weighted by molar-refractivity contribution is 7.85. The molecule has 0 spiro atoms. The Balaban J connectivity index is 0. The number of amides is 1. The van der Waals surface area contributed by atoms with Crippen LogP contribution in [0.25, 0.3) is 0 Å². The van der Waals surface area contributed by atoms with E-state index in [4.69, 9.17) is 14.0 Å². The maximum absolute atomic E-state index is 13.0. The smallest absolute Gasteiger partial charge is 0.305 e. The molecule has 1 amide bonds. The molecular weight excluding hydrogens is 741 g/mol. The summed E-state index contributed by atoms with van der Waals surface area (Å²) in [4.78, 5) is 39.3. The van der Waals surface area contributed by atoms with Crippen LogP contribution in [0, 0.1) is 0 Å². The quantitative estimate of drug-likeness (QED) is 0.0214. The molecule has 0 heterocycles. The van der Waals surface area contributed by atoms with Crippen molar-refractivity contribution in [3.63, 3.8) is 0 Å². The van der Waals surface area contributed by atoms with E-state index in [0.29, 0.717) is 43.2 Å². The van der Waals surface area contributed by atoms with Crippen molar-refractivity contribution in [3.8, 4) is 0 Å². The summed E-state index contributed by atoms with van der Waals surface area (Å²) in [5.41, 5.74) is 0. The zero-order valence-electron chi connectivity index (χ0n) is 37.8. The Morgan fingerprint density at radius 2 is 0.807 bits per heavy atom. The van der Waals surface area contributed by atoms with Gasteiger partial charge in [0.2, 0.25) is 0 Å². The molecule has 0 saturated carbocycles. The lowest BCUT2D eigenvalue weighted by molar-refractivity contribution is -0.862. The Morgan fingerprint density at radius 3 is 1.11 bits per heavy atom. The third-order valence-electron chi connectivity index (χ3n) is 9.50. The van der Waals surface area contributed by atoms with Crippen LogP contribution in [0.2, 0.25) is 0 Å². The molecule has 0 aliphatic rings. The molecular formula is C46H89N2O8S+. The van der Waals surface area contributed by atoms with Crippen LogP contribution in [0.4, 0.5) is 0 Å². The summed E-state index contributed by atoms with van der Waals surface area (Å²) in [5, 5.41) is 0. The first-order valence-electron chi connectivity index (χ1n) is 22.8. The zero-order chi connectivity index (χ0) is 42.9. The number of likely N-dealkylation sites (N-methyl/N-ethyl adjacent to an activating group) is 1. The van der Waals surface area contributed by atoms with Crippen LogP contribution in [0.15, 0.2) is 24.3 Å². The molecule has 0 aromatic heterocycles. The van der Waals surface area contributed by atoms with Crippen molar-refractivity contribution in [2.24, 2.45) is 0 Å². The number of nitrogens with zero attached hydrogens (tertiary/aromatic N) is 2. The fourth-order valence-corrected chi connectivity index (χ4v) is 6.23. The lowest BCUT2D eigenvalue weighted by Gasteiger charge is -2.28. The van der Waals surface area contributed by atoms with E-state index in [1.165, 1.54) is 116 Å². The van der Waals surface area contributed by atoms with Crippen molar-refractivity contribution < 1.29 is 41.3 Å². The van der Waals surface area contributed by atoms with Gasteiger partial charge in [0.05, 0.1) is 40.5 Å². The van der Waals surface area contributed by atoms with Crippen LogP contribution in [-0.4, -0.2) is 100 Å². The van der Waals surface area contributed by atoms with Gasteiger partial charge in [0.15, 0.2) is 6.54 Å². The number of hydrogen-bond acceptors (Lipinski definition) is 7. The number of unbranched alkanes of at least 4 members (excludes halogenated alkanes) is 22. The topological polar surface area (TPSA) is 127 Å². The van der Waals surface area contributed by atoms with Crippen LogP contribution in [0.3, 0.4) is 0 Å². The second-order valence-corrected chi connectivity index (χ2v) is 18.1. The molecule has 0 aromatic carbocycles. The second kappa shape index (κ2) is 40.5. The van der Waals surface area contributed by atoms with E-state index in [9.17, 15) is 22.8 Å². The van der Waals surface area contributed by atoms with E-state index in [2.05, 4.69) is 38.2 Å². The van der Waals surface area contributed by atoms with Crippen molar-refractivity contribution in [2.45, 2.75) is 194 Å². The van der Waals surface area contributed by atoms with Crippen LogP contribution >= 0.6 is 0 Å². The molecule has 0 aromatic rings. The third kappa shape index (κ3) is 51.7. The van der Waals surface area contributed by atoms with Gasteiger partial charge < -0.3 is 18.9 Å². The van der Waals surface area contributed by atoms with Crippen molar-refractivity contribution in [1.82, 2.24) is 4.90 Å². The molecule has 0 bridgehead atoms. The van der Waals surface area contributed by atoms with Gasteiger partial charge in [-0.3, -0.25) is 18.9 Å². The van der Waals surface area contributed by atoms with E-state index in [-0.39, 0.29) is 31.1 Å². The van der Waals surface area contributed by atoms with Crippen LogP contribution in [0.1, 0.15) is 194 Å². The maximum Gasteiger partial charge on any atom is 0.305 e. The highest BCUT2D eigenvalue weighted by Crippen LogP contribution is 2.12. The zero-order valence-corrected chi connectivity index (χ0v) is 38.6. The summed E-state index contributed by atoms with van der Waals surface area (Å²) in [6.45, 7) is 5.79. The summed E-state index contributed by atoms with van der Waals surface area (Å²) in [7, 11) is 2.24. The summed E-state index contributed by atoms with van der Waals surface area (Å²) in [6, 6.07) is 0. The van der Waals surface area contributed by atoms with Crippen LogP contribution in [-0.2, 0) is 34.0 Å². The minimum Gasteiger partial charge on any atom is -0.464 e. The third-order valence-corrected chi connectivity index (χ3v) is 9.50. The fraction of sp³-hybridized carbons (Fsp3) is 0.848. The first-order chi connectivity index (χ1) is 27.2. The van der Waals surface area contributed by atoms with Gasteiger partial charge in [-0.25, -0.2) is 0 Å². The van der Waals surface area contributed by atoms with Gasteiger partial charge in [0, 0.05) is 12.8 Å². The van der Waals surface area contributed by atoms with E-state index in [1.54, 1.807) is 4.90 Å². The number of hydrogen-bond donors (Lipinski definition) is 1. The molecule has 336 valence electrons. The van der Waals surface area contributed by atoms with E-state index in [0.717, 1.165) is 51.4 Å². The van der Waals surface area contributed by atoms with Gasteiger partial charge in [0.25, 0.3) is 16.0 Å². The molecule has 0 aliphatic carbocycles. The molecule has 57 heavy (non-hydrogen) atoms. The average molecular weight is 830 g/mol. The lowest BCUT2D eigenvalue weighted by Crippen LogP contribution is -2.48. The van der Waals surface area contributed by atoms with Gasteiger partial charge in [-0.05, 0) is 64.2 Å². The Morgan fingerprint density at radius 1 is 0.526 bits per heavy atom. The normalized spacial score (nSPS) is 11.8. The van der Waals surface area contributed by atoms with Gasteiger partial charge in [-0.15, -0.1) is 0 Å². The molecule has 0 fully saturated rings. The van der Waals surface area contributed by atoms with Crippen molar-refractivity contribution >= 4 is 28.0 Å². The number of quaternary nitrogens is 1. The molecule has 0 rings (SSSR count). The van der Waals surface area contributed by atoms with Crippen LogP contribution < -0.4 is 0 Å². The van der Waals surface area contributed by atoms with E-state index < -0.39 is 10.1 Å². The van der Waals surface area contributed by atoms with Gasteiger partial charge in [-0.1, -0.05) is 141 Å². The number of carbonyl (C=O) groups is 3. The fourth-order valence-electron chi connectivity index (χ4n) is 6.23. The standard InChI is InChI=1S/C45H85N2O5.CH4O3S/c1-6-8-10-12-14-16-18-20-22-24-26-28-30-32-34-36-44(49)51-40-38-46(43(48)42-47(3,4)5)39-41-52-45(50)37-35-33-31-29-27-25-23-21-19-17-15-13-11-9-7-2;1-5(2,3)4/h20-23H,6-19,24-42H2,1-5H3;1H3,(H,2,3,4)/q+1;/b22-20-,23-21-;. The Labute approximate surface area is 351 Å². The van der Waals surface area contributed by atoms with Gasteiger partial charge in [0.1, 0.15) is 13.2 Å². The number of rotatable bonds is 38. The monoisotopic (exact) mass is 830 g/mol. The second-order valence-electron chi connectivity index (χ2n) is 16.7. The van der Waals surface area contributed by atoms with E-state index >= 15 is 0 Å². The minimum atomic E-state index is -3.67. The Kier molecular flexibility index (Phi) is 40.4. The highest BCUT2D eigenvalue weighted by Gasteiger charge is 2.21. The Hall–Kier alpha value is -2.24. The molecule has 0 saturated heterocycles. The summed E-state index contributed by atoms with van der Waals surface area (Å²) >= 11 is 0. The number of allylic oxidation sites excluding steroid dienone is 4. The summed E-state index contributed by atoms with van der Waals surface area (Å²) in [5.74, 6) is -0.444. The van der Waals surface area contributed by atoms with E-state index in [1.807, 2.05) is 21.1 Å². The molecule has 0 unspecified atom stereocenters. The van der Waals surface area contributed by atoms with Crippen molar-refractivity contribution in [2.75, 3.05) is 60.2 Å². The Bertz CT molecular complexity index is 1050.